The molecular formula is C12H19ClN2. The van der Waals surface area contributed by atoms with Gasteiger partial charge in [-0.2, -0.15) is 0 Å². The van der Waals surface area contributed by atoms with Crippen LogP contribution >= 0.6 is 11.6 Å². The Kier molecular flexibility index (Phi) is 4.40. The molecule has 15 heavy (non-hydrogen) atoms. The Morgan fingerprint density at radius 2 is 2.13 bits per heavy atom. The van der Waals surface area contributed by atoms with Gasteiger partial charge in [0.1, 0.15) is 5.82 Å². The van der Waals surface area contributed by atoms with Crippen molar-refractivity contribution in [3.8, 4) is 0 Å². The van der Waals surface area contributed by atoms with Crippen LogP contribution in [0.1, 0.15) is 26.0 Å². The molecule has 0 radical (unpaired) electrons. The van der Waals surface area contributed by atoms with Crippen LogP contribution in [0.2, 0.25) is 0 Å². The van der Waals surface area contributed by atoms with Crippen LogP contribution in [-0.4, -0.2) is 17.4 Å². The molecule has 0 aliphatic rings. The van der Waals surface area contributed by atoms with Crippen molar-refractivity contribution < 1.29 is 0 Å². The van der Waals surface area contributed by atoms with E-state index in [0.29, 0.717) is 5.88 Å². The van der Waals surface area contributed by atoms with Gasteiger partial charge in [0.15, 0.2) is 0 Å². The van der Waals surface area contributed by atoms with Crippen LogP contribution in [0.4, 0.5) is 5.82 Å². The molecule has 2 nitrogen and oxygen atoms in total. The second kappa shape index (κ2) is 5.36. The number of rotatable bonds is 5. The lowest BCUT2D eigenvalue weighted by atomic mass is 9.90. The van der Waals surface area contributed by atoms with Gasteiger partial charge in [0, 0.05) is 18.1 Å². The fourth-order valence-electron chi connectivity index (χ4n) is 1.32. The zero-order chi connectivity index (χ0) is 11.3. The topological polar surface area (TPSA) is 24.9 Å². The molecule has 84 valence electrons. The molecule has 0 fully saturated rings. The Morgan fingerprint density at radius 3 is 2.73 bits per heavy atom. The number of hydrogen-bond acceptors (Lipinski definition) is 2. The molecular weight excluding hydrogens is 208 g/mol. The molecule has 0 aromatic carbocycles. The van der Waals surface area contributed by atoms with E-state index < -0.39 is 0 Å². The predicted octanol–water partition coefficient (Wildman–Crippen LogP) is 3.46. The third-order valence-electron chi connectivity index (χ3n) is 2.41. The highest BCUT2D eigenvalue weighted by molar-refractivity contribution is 6.17. The van der Waals surface area contributed by atoms with Crippen LogP contribution in [0.5, 0.6) is 0 Å². The lowest BCUT2D eigenvalue weighted by molar-refractivity contribution is 0.379. The maximum atomic E-state index is 5.75. The molecule has 0 bridgehead atoms. The number of nitrogens with zero attached hydrogens (tertiary/aromatic N) is 1. The van der Waals surface area contributed by atoms with E-state index in [0.717, 1.165) is 24.5 Å². The maximum Gasteiger partial charge on any atom is 0.126 e. The van der Waals surface area contributed by atoms with Gasteiger partial charge in [-0.15, -0.1) is 11.6 Å². The highest BCUT2D eigenvalue weighted by Crippen LogP contribution is 2.21. The van der Waals surface area contributed by atoms with Crippen molar-refractivity contribution in [3.05, 3.63) is 23.9 Å². The first-order valence-corrected chi connectivity index (χ1v) is 5.80. The Hall–Kier alpha value is -0.760. The third kappa shape index (κ3) is 4.52. The molecule has 1 heterocycles. The predicted molar refractivity (Wildman–Crippen MR) is 66.6 cm³/mol. The zero-order valence-corrected chi connectivity index (χ0v) is 10.4. The minimum absolute atomic E-state index is 0.215. The number of aryl methyl sites for hydroxylation is 1. The summed E-state index contributed by atoms with van der Waals surface area (Å²) in [4.78, 5) is 4.39. The molecule has 0 atom stereocenters. The van der Waals surface area contributed by atoms with Crippen molar-refractivity contribution >= 4 is 17.4 Å². The number of nitrogens with one attached hydrogen (secondary N) is 1. The number of halogens is 1. The normalized spacial score (nSPS) is 11.5. The van der Waals surface area contributed by atoms with Crippen molar-refractivity contribution in [2.24, 2.45) is 5.41 Å². The summed E-state index contributed by atoms with van der Waals surface area (Å²) < 4.78 is 0. The van der Waals surface area contributed by atoms with E-state index in [4.69, 9.17) is 11.6 Å². The molecule has 0 saturated heterocycles. The molecule has 3 heteroatoms. The third-order valence-corrected chi connectivity index (χ3v) is 2.60. The molecule has 0 saturated carbocycles. The van der Waals surface area contributed by atoms with Crippen LogP contribution in [0, 0.1) is 12.3 Å². The van der Waals surface area contributed by atoms with Gasteiger partial charge < -0.3 is 5.32 Å². The Labute approximate surface area is 97.1 Å². The van der Waals surface area contributed by atoms with Gasteiger partial charge in [-0.05, 0) is 30.9 Å². The smallest absolute Gasteiger partial charge is 0.126 e. The fraction of sp³-hybridized carbons (Fsp3) is 0.583. The number of aromatic nitrogens is 1. The number of hydrogen-bond donors (Lipinski definition) is 1. The first-order chi connectivity index (χ1) is 7.03. The molecule has 1 N–H and O–H groups in total. The first-order valence-electron chi connectivity index (χ1n) is 5.27. The number of alkyl halides is 1. The Balaban J connectivity index is 2.49. The van der Waals surface area contributed by atoms with E-state index >= 15 is 0 Å². The molecule has 1 rings (SSSR count). The molecule has 1 aromatic rings. The average Bonchev–Trinajstić information content (AvgIpc) is 2.15. The molecule has 0 amide bonds. The van der Waals surface area contributed by atoms with Gasteiger partial charge in [0.2, 0.25) is 0 Å². The molecule has 0 unspecified atom stereocenters. The SMILES string of the molecule is Cc1cccc(NCC(C)(C)CCCl)n1. The van der Waals surface area contributed by atoms with Gasteiger partial charge in [-0.3, -0.25) is 0 Å². The Morgan fingerprint density at radius 1 is 1.40 bits per heavy atom. The van der Waals surface area contributed by atoms with Crippen molar-refractivity contribution in [2.75, 3.05) is 17.7 Å². The second-order valence-electron chi connectivity index (χ2n) is 4.62. The molecule has 0 aliphatic carbocycles. The van der Waals surface area contributed by atoms with Crippen LogP contribution in [0.25, 0.3) is 0 Å². The summed E-state index contributed by atoms with van der Waals surface area (Å²) in [7, 11) is 0. The van der Waals surface area contributed by atoms with E-state index in [-0.39, 0.29) is 5.41 Å². The summed E-state index contributed by atoms with van der Waals surface area (Å²) in [5.41, 5.74) is 1.25. The fourth-order valence-corrected chi connectivity index (χ4v) is 1.83. The highest BCUT2D eigenvalue weighted by Gasteiger charge is 2.16. The standard InChI is InChI=1S/C12H19ClN2/c1-10-5-4-6-11(15-10)14-9-12(2,3)7-8-13/h4-6H,7-9H2,1-3H3,(H,14,15). The van der Waals surface area contributed by atoms with Gasteiger partial charge in [0.05, 0.1) is 0 Å². The minimum atomic E-state index is 0.215. The van der Waals surface area contributed by atoms with E-state index in [9.17, 15) is 0 Å². The van der Waals surface area contributed by atoms with E-state index in [1.54, 1.807) is 0 Å². The van der Waals surface area contributed by atoms with Crippen molar-refractivity contribution in [1.29, 1.82) is 0 Å². The Bertz CT molecular complexity index is 310. The van der Waals surface area contributed by atoms with Gasteiger partial charge in [-0.1, -0.05) is 19.9 Å². The summed E-state index contributed by atoms with van der Waals surface area (Å²) in [6, 6.07) is 6.00. The van der Waals surface area contributed by atoms with Gasteiger partial charge in [0.25, 0.3) is 0 Å². The van der Waals surface area contributed by atoms with Crippen LogP contribution < -0.4 is 5.32 Å². The molecule has 0 spiro atoms. The van der Waals surface area contributed by atoms with Crippen molar-refractivity contribution in [2.45, 2.75) is 27.2 Å². The van der Waals surface area contributed by atoms with E-state index in [1.807, 2.05) is 25.1 Å². The lowest BCUT2D eigenvalue weighted by Gasteiger charge is -2.24. The summed E-state index contributed by atoms with van der Waals surface area (Å²) in [5, 5.41) is 3.34. The van der Waals surface area contributed by atoms with E-state index in [1.165, 1.54) is 0 Å². The number of anilines is 1. The first kappa shape index (κ1) is 12.3. The van der Waals surface area contributed by atoms with Crippen LogP contribution in [-0.2, 0) is 0 Å². The van der Waals surface area contributed by atoms with Crippen LogP contribution in [0.3, 0.4) is 0 Å². The quantitative estimate of drug-likeness (QED) is 0.778. The average molecular weight is 227 g/mol. The summed E-state index contributed by atoms with van der Waals surface area (Å²) >= 11 is 5.75. The highest BCUT2D eigenvalue weighted by atomic mass is 35.5. The van der Waals surface area contributed by atoms with Gasteiger partial charge >= 0.3 is 0 Å². The maximum absolute atomic E-state index is 5.75. The largest absolute Gasteiger partial charge is 0.370 e. The molecule has 0 aliphatic heterocycles. The summed E-state index contributed by atoms with van der Waals surface area (Å²) in [6.07, 6.45) is 1.01. The number of pyridine rings is 1. The van der Waals surface area contributed by atoms with Gasteiger partial charge in [-0.25, -0.2) is 4.98 Å². The monoisotopic (exact) mass is 226 g/mol. The minimum Gasteiger partial charge on any atom is -0.370 e. The van der Waals surface area contributed by atoms with E-state index in [2.05, 4.69) is 24.1 Å². The lowest BCUT2D eigenvalue weighted by Crippen LogP contribution is -2.23. The van der Waals surface area contributed by atoms with Crippen molar-refractivity contribution in [3.63, 3.8) is 0 Å². The second-order valence-corrected chi connectivity index (χ2v) is 5.00. The summed E-state index contributed by atoms with van der Waals surface area (Å²) in [5.74, 6) is 1.65. The van der Waals surface area contributed by atoms with Crippen molar-refractivity contribution in [1.82, 2.24) is 4.98 Å². The zero-order valence-electron chi connectivity index (χ0n) is 9.68. The molecule has 1 aromatic heterocycles. The summed E-state index contributed by atoms with van der Waals surface area (Å²) in [6.45, 7) is 7.31. The van der Waals surface area contributed by atoms with Crippen LogP contribution in [0.15, 0.2) is 18.2 Å².